The fourth-order valence-corrected chi connectivity index (χ4v) is 6.35. The Labute approximate surface area is 168 Å². The Bertz CT molecular complexity index is 807. The molecule has 6 heteroatoms. The lowest BCUT2D eigenvalue weighted by Gasteiger charge is -2.35. The van der Waals surface area contributed by atoms with Crippen molar-refractivity contribution < 1.29 is 13.2 Å². The zero-order chi connectivity index (χ0) is 19.6. The van der Waals surface area contributed by atoms with Gasteiger partial charge in [-0.3, -0.25) is 4.79 Å². The van der Waals surface area contributed by atoms with E-state index < -0.39 is 10.0 Å². The fourth-order valence-electron chi connectivity index (χ4n) is 4.99. The molecule has 1 aromatic rings. The van der Waals surface area contributed by atoms with Crippen molar-refractivity contribution in [1.29, 1.82) is 0 Å². The van der Waals surface area contributed by atoms with Crippen LogP contribution in [0.25, 0.3) is 0 Å². The smallest absolute Gasteiger partial charge is 0.240 e. The van der Waals surface area contributed by atoms with Gasteiger partial charge in [0.1, 0.15) is 0 Å². The average molecular weight is 405 g/mol. The number of carbonyl (C=O) groups excluding carboxylic acids is 1. The molecule has 1 amide bonds. The van der Waals surface area contributed by atoms with Crippen LogP contribution >= 0.6 is 0 Å². The van der Waals surface area contributed by atoms with Gasteiger partial charge in [-0.1, -0.05) is 25.3 Å². The number of rotatable bonds is 4. The quantitative estimate of drug-likeness (QED) is 0.836. The number of nitrogens with one attached hydrogen (secondary N) is 1. The van der Waals surface area contributed by atoms with Crippen molar-refractivity contribution in [3.05, 3.63) is 29.3 Å². The molecule has 5 nitrogen and oxygen atoms in total. The van der Waals surface area contributed by atoms with E-state index in [0.29, 0.717) is 30.8 Å². The largest absolute Gasteiger partial charge is 0.342 e. The van der Waals surface area contributed by atoms with Crippen LogP contribution in [0.2, 0.25) is 0 Å². The monoisotopic (exact) mass is 404 g/mol. The minimum Gasteiger partial charge on any atom is -0.342 e. The first kappa shape index (κ1) is 19.9. The third kappa shape index (κ3) is 4.43. The van der Waals surface area contributed by atoms with Gasteiger partial charge in [0.25, 0.3) is 0 Å². The first-order chi connectivity index (χ1) is 13.5. The van der Waals surface area contributed by atoms with E-state index in [1.54, 1.807) is 6.07 Å². The van der Waals surface area contributed by atoms with E-state index in [-0.39, 0.29) is 17.9 Å². The Hall–Kier alpha value is -1.40. The van der Waals surface area contributed by atoms with E-state index in [4.69, 9.17) is 0 Å². The van der Waals surface area contributed by atoms with Crippen LogP contribution in [0.4, 0.5) is 0 Å². The molecule has 1 saturated carbocycles. The molecule has 154 valence electrons. The van der Waals surface area contributed by atoms with Crippen molar-refractivity contribution in [1.82, 2.24) is 9.62 Å². The van der Waals surface area contributed by atoms with E-state index in [1.165, 1.54) is 24.0 Å². The molecule has 0 spiro atoms. The minimum atomic E-state index is -3.51. The van der Waals surface area contributed by atoms with Crippen molar-refractivity contribution in [2.45, 2.75) is 81.6 Å². The van der Waals surface area contributed by atoms with Gasteiger partial charge in [-0.05, 0) is 74.6 Å². The molecule has 0 unspecified atom stereocenters. The lowest BCUT2D eigenvalue weighted by Crippen LogP contribution is -2.48. The number of hydrogen-bond acceptors (Lipinski definition) is 3. The Kier molecular flexibility index (Phi) is 6.07. The van der Waals surface area contributed by atoms with E-state index in [9.17, 15) is 13.2 Å². The van der Waals surface area contributed by atoms with Crippen LogP contribution in [-0.2, 0) is 27.7 Å². The second-order valence-corrected chi connectivity index (χ2v) is 10.4. The zero-order valence-electron chi connectivity index (χ0n) is 16.7. The van der Waals surface area contributed by atoms with Crippen LogP contribution in [0.1, 0.15) is 68.9 Å². The molecular weight excluding hydrogens is 372 g/mol. The summed E-state index contributed by atoms with van der Waals surface area (Å²) in [5.74, 6) is 0.480. The number of piperidine rings is 1. The summed E-state index contributed by atoms with van der Waals surface area (Å²) in [6.07, 6.45) is 11.3. The molecule has 1 heterocycles. The molecule has 1 N–H and O–H groups in total. The Balaban J connectivity index is 1.34. The highest BCUT2D eigenvalue weighted by Crippen LogP contribution is 2.27. The molecule has 0 bridgehead atoms. The Morgan fingerprint density at radius 2 is 1.57 bits per heavy atom. The number of carbonyl (C=O) groups is 1. The summed E-state index contributed by atoms with van der Waals surface area (Å²) in [6, 6.07) is 5.50. The van der Waals surface area contributed by atoms with Crippen molar-refractivity contribution in [3.8, 4) is 0 Å². The summed E-state index contributed by atoms with van der Waals surface area (Å²) >= 11 is 0. The van der Waals surface area contributed by atoms with Crippen molar-refractivity contribution in [2.75, 3.05) is 13.1 Å². The van der Waals surface area contributed by atoms with Crippen LogP contribution in [0, 0.1) is 5.92 Å². The van der Waals surface area contributed by atoms with Gasteiger partial charge in [-0.2, -0.15) is 0 Å². The Morgan fingerprint density at radius 3 is 2.29 bits per heavy atom. The third-order valence-corrected chi connectivity index (χ3v) is 8.23. The summed E-state index contributed by atoms with van der Waals surface area (Å²) in [5.41, 5.74) is 2.47. The number of amides is 1. The number of sulfonamides is 1. The molecule has 28 heavy (non-hydrogen) atoms. The van der Waals surface area contributed by atoms with E-state index in [0.717, 1.165) is 44.9 Å². The fraction of sp³-hybridized carbons (Fsp3) is 0.682. The molecule has 4 rings (SSSR count). The number of hydrogen-bond donors (Lipinski definition) is 1. The number of benzene rings is 1. The number of nitrogens with zero attached hydrogens (tertiary/aromatic N) is 1. The average Bonchev–Trinajstić information content (AvgIpc) is 2.74. The highest BCUT2D eigenvalue weighted by molar-refractivity contribution is 7.89. The van der Waals surface area contributed by atoms with Gasteiger partial charge < -0.3 is 4.90 Å². The minimum absolute atomic E-state index is 0.0866. The molecule has 2 aliphatic carbocycles. The second kappa shape index (κ2) is 8.54. The topological polar surface area (TPSA) is 66.5 Å². The maximum Gasteiger partial charge on any atom is 0.240 e. The van der Waals surface area contributed by atoms with E-state index in [1.807, 2.05) is 17.0 Å². The van der Waals surface area contributed by atoms with Gasteiger partial charge in [0.05, 0.1) is 4.90 Å². The van der Waals surface area contributed by atoms with Crippen molar-refractivity contribution in [3.63, 3.8) is 0 Å². The summed E-state index contributed by atoms with van der Waals surface area (Å²) < 4.78 is 28.6. The van der Waals surface area contributed by atoms with Crippen LogP contribution in [0.15, 0.2) is 23.1 Å². The van der Waals surface area contributed by atoms with Gasteiger partial charge in [-0.15, -0.1) is 0 Å². The van der Waals surface area contributed by atoms with Gasteiger partial charge in [0.2, 0.25) is 15.9 Å². The molecule has 0 radical (unpaired) electrons. The van der Waals surface area contributed by atoms with Crippen LogP contribution in [0.3, 0.4) is 0 Å². The molecule has 0 aromatic heterocycles. The normalized spacial score (nSPS) is 22.1. The van der Waals surface area contributed by atoms with E-state index in [2.05, 4.69) is 4.72 Å². The highest BCUT2D eigenvalue weighted by atomic mass is 32.2. The number of fused-ring (bicyclic) bond motifs is 1. The zero-order valence-corrected chi connectivity index (χ0v) is 17.5. The van der Waals surface area contributed by atoms with E-state index >= 15 is 0 Å². The molecule has 2 fully saturated rings. The predicted octanol–water partition coefficient (Wildman–Crippen LogP) is 3.42. The summed E-state index contributed by atoms with van der Waals surface area (Å²) in [5, 5.41) is 0. The van der Waals surface area contributed by atoms with Crippen molar-refractivity contribution >= 4 is 15.9 Å². The lowest BCUT2D eigenvalue weighted by atomic mass is 9.87. The third-order valence-electron chi connectivity index (χ3n) is 6.71. The molecule has 1 saturated heterocycles. The highest BCUT2D eigenvalue weighted by Gasteiger charge is 2.31. The molecule has 3 aliphatic rings. The van der Waals surface area contributed by atoms with Crippen LogP contribution in [-0.4, -0.2) is 38.4 Å². The second-order valence-electron chi connectivity index (χ2n) is 8.69. The summed E-state index contributed by atoms with van der Waals surface area (Å²) in [6.45, 7) is 1.32. The predicted molar refractivity (Wildman–Crippen MR) is 110 cm³/mol. The molecule has 1 aromatic carbocycles. The molecule has 1 aliphatic heterocycles. The summed E-state index contributed by atoms with van der Waals surface area (Å²) in [7, 11) is -3.51. The van der Waals surface area contributed by atoms with Gasteiger partial charge in [0.15, 0.2) is 0 Å². The van der Waals surface area contributed by atoms with Crippen molar-refractivity contribution in [2.24, 2.45) is 5.92 Å². The maximum absolute atomic E-state index is 12.9. The lowest BCUT2D eigenvalue weighted by molar-refractivity contribution is -0.137. The first-order valence-electron chi connectivity index (χ1n) is 11.0. The van der Waals surface area contributed by atoms with Crippen LogP contribution in [0.5, 0.6) is 0 Å². The standard InChI is InChI=1S/C22H32N2O3S/c25-22(18-7-2-1-3-8-18)24-14-12-20(13-15-24)23-28(26,27)21-11-10-17-6-4-5-9-19(17)16-21/h10-11,16,18,20,23H,1-9,12-15H2. The van der Waals surface area contributed by atoms with Gasteiger partial charge in [0, 0.05) is 25.0 Å². The summed E-state index contributed by atoms with van der Waals surface area (Å²) in [4.78, 5) is 15.0. The SMILES string of the molecule is O=C(C1CCCCC1)N1CCC(NS(=O)(=O)c2ccc3c(c2)CCCC3)CC1. The molecule has 0 atom stereocenters. The Morgan fingerprint density at radius 1 is 0.893 bits per heavy atom. The van der Waals surface area contributed by atoms with Crippen LogP contribution < -0.4 is 4.72 Å². The number of likely N-dealkylation sites (tertiary alicyclic amines) is 1. The maximum atomic E-state index is 12.9. The number of aryl methyl sites for hydroxylation is 2. The van der Waals surface area contributed by atoms with Gasteiger partial charge in [-0.25, -0.2) is 13.1 Å². The van der Waals surface area contributed by atoms with Gasteiger partial charge >= 0.3 is 0 Å². The first-order valence-corrected chi connectivity index (χ1v) is 12.4. The molecular formula is C22H32N2O3S.